The molecule has 6 heteroatoms. The van der Waals surface area contributed by atoms with Crippen molar-refractivity contribution in [1.29, 1.82) is 0 Å². The number of aryl methyl sites for hydroxylation is 1. The fraction of sp³-hybridized carbons (Fsp3) is 0.118. The van der Waals surface area contributed by atoms with Gasteiger partial charge >= 0.3 is 0 Å². The summed E-state index contributed by atoms with van der Waals surface area (Å²) in [5.41, 5.74) is 2.30. The van der Waals surface area contributed by atoms with Gasteiger partial charge in [-0.25, -0.2) is 0 Å². The topological polar surface area (TPSA) is 68.0 Å². The van der Waals surface area contributed by atoms with E-state index < -0.39 is 0 Å². The third-order valence-corrected chi connectivity index (χ3v) is 3.49. The van der Waals surface area contributed by atoms with E-state index in [0.717, 1.165) is 11.3 Å². The van der Waals surface area contributed by atoms with E-state index >= 15 is 0 Å². The first-order chi connectivity index (χ1) is 11.1. The Labute approximate surface area is 138 Å². The van der Waals surface area contributed by atoms with Crippen LogP contribution in [0.3, 0.4) is 0 Å². The van der Waals surface area contributed by atoms with Gasteiger partial charge in [-0.2, -0.15) is 0 Å². The number of benzene rings is 2. The summed E-state index contributed by atoms with van der Waals surface area (Å²) in [7, 11) is 0. The van der Waals surface area contributed by atoms with Crippen LogP contribution in [0.15, 0.2) is 52.9 Å². The van der Waals surface area contributed by atoms with Crippen LogP contribution in [-0.2, 0) is 6.42 Å². The molecular formula is C17H14ClN3O2. The molecule has 0 saturated carbocycles. The van der Waals surface area contributed by atoms with Gasteiger partial charge in [-0.05, 0) is 42.0 Å². The number of hydrogen-bond acceptors (Lipinski definition) is 4. The molecule has 3 rings (SSSR count). The second kappa shape index (κ2) is 6.62. The molecule has 0 fully saturated rings. The lowest BCUT2D eigenvalue weighted by molar-refractivity contribution is 0.102. The molecule has 0 saturated heterocycles. The first-order valence-corrected chi connectivity index (χ1v) is 7.43. The molecule has 23 heavy (non-hydrogen) atoms. The number of rotatable bonds is 4. The maximum atomic E-state index is 12.1. The van der Waals surface area contributed by atoms with Crippen LogP contribution in [0.2, 0.25) is 5.02 Å². The molecule has 116 valence electrons. The predicted molar refractivity (Wildman–Crippen MR) is 87.7 cm³/mol. The fourth-order valence-corrected chi connectivity index (χ4v) is 2.22. The van der Waals surface area contributed by atoms with Crippen LogP contribution in [0.25, 0.3) is 0 Å². The molecule has 0 bridgehead atoms. The van der Waals surface area contributed by atoms with Gasteiger partial charge in [-0.1, -0.05) is 23.7 Å². The number of hydrogen-bond donors (Lipinski definition) is 1. The summed E-state index contributed by atoms with van der Waals surface area (Å²) in [6, 6.07) is 14.2. The van der Waals surface area contributed by atoms with Crippen LogP contribution in [-0.4, -0.2) is 16.1 Å². The number of nitrogens with one attached hydrogen (secondary N) is 1. The molecule has 0 radical (unpaired) electrons. The molecule has 0 aliphatic heterocycles. The summed E-state index contributed by atoms with van der Waals surface area (Å²) in [4.78, 5) is 12.1. The molecule has 0 aliphatic carbocycles. The fourth-order valence-electron chi connectivity index (χ4n) is 2.09. The highest BCUT2D eigenvalue weighted by molar-refractivity contribution is 6.30. The molecular weight excluding hydrogens is 314 g/mol. The van der Waals surface area contributed by atoms with E-state index in [0.29, 0.717) is 28.8 Å². The van der Waals surface area contributed by atoms with E-state index in [2.05, 4.69) is 15.5 Å². The van der Waals surface area contributed by atoms with E-state index in [1.54, 1.807) is 31.2 Å². The Morgan fingerprint density at radius 3 is 2.39 bits per heavy atom. The minimum Gasteiger partial charge on any atom is -0.425 e. The summed E-state index contributed by atoms with van der Waals surface area (Å²) in [6.07, 6.45) is 0.562. The first-order valence-electron chi connectivity index (χ1n) is 7.05. The maximum absolute atomic E-state index is 12.1. The minimum absolute atomic E-state index is 0.179. The lowest BCUT2D eigenvalue weighted by Crippen LogP contribution is -2.11. The Hall–Kier alpha value is -2.66. The maximum Gasteiger partial charge on any atom is 0.255 e. The molecule has 3 aromatic rings. The summed E-state index contributed by atoms with van der Waals surface area (Å²) in [6.45, 7) is 1.76. The highest BCUT2D eigenvalue weighted by Crippen LogP contribution is 2.15. The van der Waals surface area contributed by atoms with Crippen LogP contribution >= 0.6 is 11.6 Å². The minimum atomic E-state index is -0.179. The van der Waals surface area contributed by atoms with Crippen LogP contribution in [0, 0.1) is 6.92 Å². The molecule has 2 aromatic carbocycles. The summed E-state index contributed by atoms with van der Waals surface area (Å²) in [5.74, 6) is 0.939. The van der Waals surface area contributed by atoms with E-state index in [1.807, 2.05) is 24.3 Å². The van der Waals surface area contributed by atoms with Crippen molar-refractivity contribution in [3.63, 3.8) is 0 Å². The zero-order valence-electron chi connectivity index (χ0n) is 12.4. The van der Waals surface area contributed by atoms with Gasteiger partial charge in [-0.3, -0.25) is 4.79 Å². The highest BCUT2D eigenvalue weighted by Gasteiger charge is 2.07. The largest absolute Gasteiger partial charge is 0.425 e. The lowest BCUT2D eigenvalue weighted by Gasteiger charge is -2.06. The monoisotopic (exact) mass is 327 g/mol. The molecule has 0 atom stereocenters. The molecule has 5 nitrogen and oxygen atoms in total. The second-order valence-corrected chi connectivity index (χ2v) is 5.49. The van der Waals surface area contributed by atoms with Crippen LogP contribution in [0.1, 0.15) is 27.7 Å². The average molecular weight is 328 g/mol. The predicted octanol–water partition coefficient (Wildman–Crippen LogP) is 3.87. The second-order valence-electron chi connectivity index (χ2n) is 5.05. The Bertz CT molecular complexity index is 811. The number of halogens is 1. The number of anilines is 1. The van der Waals surface area contributed by atoms with Crippen LogP contribution in [0.5, 0.6) is 0 Å². The Morgan fingerprint density at radius 1 is 1.09 bits per heavy atom. The van der Waals surface area contributed by atoms with Gasteiger partial charge in [-0.15, -0.1) is 10.2 Å². The molecule has 0 aliphatic rings. The first kappa shape index (κ1) is 15.2. The van der Waals surface area contributed by atoms with Crippen molar-refractivity contribution in [2.45, 2.75) is 13.3 Å². The van der Waals surface area contributed by atoms with Crippen molar-refractivity contribution >= 4 is 23.2 Å². The number of amides is 1. The summed E-state index contributed by atoms with van der Waals surface area (Å²) < 4.78 is 5.35. The number of nitrogens with zero attached hydrogens (tertiary/aromatic N) is 2. The third kappa shape index (κ3) is 3.96. The van der Waals surface area contributed by atoms with Crippen LogP contribution in [0.4, 0.5) is 5.69 Å². The quantitative estimate of drug-likeness (QED) is 0.789. The smallest absolute Gasteiger partial charge is 0.255 e. The Kier molecular flexibility index (Phi) is 4.39. The van der Waals surface area contributed by atoms with Gasteiger partial charge in [0.05, 0.1) is 6.42 Å². The number of carbonyl (C=O) groups is 1. The van der Waals surface area contributed by atoms with Gasteiger partial charge in [0.25, 0.3) is 5.91 Å². The molecule has 1 N–H and O–H groups in total. The van der Waals surface area contributed by atoms with Gasteiger partial charge in [0.2, 0.25) is 11.8 Å². The molecule has 1 aromatic heterocycles. The van der Waals surface area contributed by atoms with Crippen molar-refractivity contribution in [1.82, 2.24) is 10.2 Å². The zero-order chi connectivity index (χ0) is 16.2. The SMILES string of the molecule is Cc1nnc(Cc2ccc(NC(=O)c3ccc(Cl)cc3)cc2)o1. The van der Waals surface area contributed by atoms with Gasteiger partial charge < -0.3 is 9.73 Å². The van der Waals surface area contributed by atoms with Gasteiger partial charge in [0.15, 0.2) is 0 Å². The molecule has 0 spiro atoms. The van der Waals surface area contributed by atoms with Crippen molar-refractivity contribution < 1.29 is 9.21 Å². The van der Waals surface area contributed by atoms with E-state index in [1.165, 1.54) is 0 Å². The Balaban J connectivity index is 1.65. The van der Waals surface area contributed by atoms with Gasteiger partial charge in [0.1, 0.15) is 0 Å². The standard InChI is InChI=1S/C17H14ClN3O2/c1-11-20-21-16(23-11)10-12-2-8-15(9-3-12)19-17(22)13-4-6-14(18)7-5-13/h2-9H,10H2,1H3,(H,19,22). The number of carbonyl (C=O) groups excluding carboxylic acids is 1. The molecule has 1 heterocycles. The Morgan fingerprint density at radius 2 is 1.78 bits per heavy atom. The van der Waals surface area contributed by atoms with Crippen molar-refractivity contribution in [2.75, 3.05) is 5.32 Å². The third-order valence-electron chi connectivity index (χ3n) is 3.24. The van der Waals surface area contributed by atoms with Crippen molar-refractivity contribution in [3.05, 3.63) is 76.5 Å². The lowest BCUT2D eigenvalue weighted by atomic mass is 10.1. The zero-order valence-corrected chi connectivity index (χ0v) is 13.2. The van der Waals surface area contributed by atoms with E-state index in [9.17, 15) is 4.79 Å². The van der Waals surface area contributed by atoms with Crippen LogP contribution < -0.4 is 5.32 Å². The molecule has 0 unspecified atom stereocenters. The summed E-state index contributed by atoms with van der Waals surface area (Å²) >= 11 is 5.81. The van der Waals surface area contributed by atoms with Crippen molar-refractivity contribution in [3.8, 4) is 0 Å². The molecule has 1 amide bonds. The summed E-state index contributed by atoms with van der Waals surface area (Å²) in [5, 5.41) is 11.2. The van der Waals surface area contributed by atoms with Gasteiger partial charge in [0, 0.05) is 23.2 Å². The normalized spacial score (nSPS) is 10.5. The average Bonchev–Trinajstić information content (AvgIpc) is 2.95. The number of aromatic nitrogens is 2. The van der Waals surface area contributed by atoms with E-state index in [-0.39, 0.29) is 5.91 Å². The highest BCUT2D eigenvalue weighted by atomic mass is 35.5. The van der Waals surface area contributed by atoms with E-state index in [4.69, 9.17) is 16.0 Å². The van der Waals surface area contributed by atoms with Crippen molar-refractivity contribution in [2.24, 2.45) is 0 Å².